The van der Waals surface area contributed by atoms with Gasteiger partial charge in [0, 0.05) is 6.54 Å². The monoisotopic (exact) mass is 301 g/mol. The van der Waals surface area contributed by atoms with Crippen LogP contribution in [0.5, 0.6) is 0 Å². The number of hydrogen-bond acceptors (Lipinski definition) is 3. The fourth-order valence-corrected chi connectivity index (χ4v) is 2.63. The highest BCUT2D eigenvalue weighted by atomic mass is 32.1. The summed E-state index contributed by atoms with van der Waals surface area (Å²) in [6, 6.07) is 14.4. The molecule has 21 heavy (non-hydrogen) atoms. The van der Waals surface area contributed by atoms with E-state index in [-0.39, 0.29) is 0 Å². The zero-order chi connectivity index (χ0) is 14.5. The molecule has 1 saturated heterocycles. The molecule has 1 N–H and O–H groups in total. The molecule has 1 aliphatic rings. The third-order valence-corrected chi connectivity index (χ3v) is 4.00. The summed E-state index contributed by atoms with van der Waals surface area (Å²) in [6.45, 7) is 3.36. The molecule has 1 fully saturated rings. The van der Waals surface area contributed by atoms with Crippen LogP contribution in [0.3, 0.4) is 0 Å². The van der Waals surface area contributed by atoms with E-state index in [2.05, 4.69) is 45.4 Å². The minimum absolute atomic E-state index is 0.709. The number of nitrogens with zero attached hydrogens (tertiary/aromatic N) is 2. The summed E-state index contributed by atoms with van der Waals surface area (Å²) >= 11 is 5.38. The zero-order valence-electron chi connectivity index (χ0n) is 11.9. The van der Waals surface area contributed by atoms with Crippen LogP contribution in [-0.4, -0.2) is 34.8 Å². The Morgan fingerprint density at radius 2 is 2.00 bits per heavy atom. The molecule has 0 radical (unpaired) electrons. The minimum atomic E-state index is 0.709. The van der Waals surface area contributed by atoms with Gasteiger partial charge in [0.25, 0.3) is 0 Å². The van der Waals surface area contributed by atoms with Gasteiger partial charge in [-0.2, -0.15) is 0 Å². The van der Waals surface area contributed by atoms with Crippen LogP contribution >= 0.6 is 12.2 Å². The predicted molar refractivity (Wildman–Crippen MR) is 86.6 cm³/mol. The van der Waals surface area contributed by atoms with E-state index in [0.717, 1.165) is 37.2 Å². The third kappa shape index (κ3) is 3.83. The molecule has 2 aromatic rings. The van der Waals surface area contributed by atoms with Crippen molar-refractivity contribution in [2.75, 3.05) is 19.9 Å². The molecule has 1 aromatic heterocycles. The number of hydrogen-bond donors (Lipinski definition) is 1. The molecule has 3 rings (SSSR count). The van der Waals surface area contributed by atoms with Crippen LogP contribution in [-0.2, 0) is 13.0 Å². The molecule has 110 valence electrons. The quantitative estimate of drug-likeness (QED) is 0.857. The topological polar surface area (TPSA) is 31.6 Å². The first-order valence-corrected chi connectivity index (χ1v) is 7.53. The highest BCUT2D eigenvalue weighted by molar-refractivity contribution is 7.80. The van der Waals surface area contributed by atoms with Crippen molar-refractivity contribution in [3.8, 4) is 0 Å². The Balaban J connectivity index is 1.54. The van der Waals surface area contributed by atoms with Crippen LogP contribution in [0.15, 0.2) is 53.1 Å². The first-order chi connectivity index (χ1) is 10.3. The van der Waals surface area contributed by atoms with E-state index in [1.54, 1.807) is 6.26 Å². The van der Waals surface area contributed by atoms with Crippen molar-refractivity contribution in [1.29, 1.82) is 0 Å². The van der Waals surface area contributed by atoms with Gasteiger partial charge < -0.3 is 14.6 Å². The Labute approximate surface area is 130 Å². The van der Waals surface area contributed by atoms with Crippen LogP contribution in [0.1, 0.15) is 11.3 Å². The van der Waals surface area contributed by atoms with Gasteiger partial charge in [-0.15, -0.1) is 0 Å². The standard InChI is InChI=1S/C16H19N3OS/c21-16-17-12-18(9-8-14-5-2-1-3-6-14)13-19(16)11-15-7-4-10-20-15/h1-7,10H,8-9,11-13H2,(H,17,21). The lowest BCUT2D eigenvalue weighted by Gasteiger charge is -2.37. The number of thiocarbonyl (C=S) groups is 1. The molecule has 1 aliphatic heterocycles. The van der Waals surface area contributed by atoms with E-state index in [1.807, 2.05) is 12.1 Å². The van der Waals surface area contributed by atoms with Crippen molar-refractivity contribution in [2.45, 2.75) is 13.0 Å². The Kier molecular flexibility index (Phi) is 4.52. The molecule has 0 saturated carbocycles. The minimum Gasteiger partial charge on any atom is -0.467 e. The van der Waals surface area contributed by atoms with Gasteiger partial charge in [0.05, 0.1) is 26.1 Å². The van der Waals surface area contributed by atoms with Gasteiger partial charge >= 0.3 is 0 Å². The maximum absolute atomic E-state index is 5.40. The Morgan fingerprint density at radius 3 is 2.76 bits per heavy atom. The van der Waals surface area contributed by atoms with Gasteiger partial charge in [-0.3, -0.25) is 4.90 Å². The highest BCUT2D eigenvalue weighted by Crippen LogP contribution is 2.10. The first kappa shape index (κ1) is 14.1. The van der Waals surface area contributed by atoms with Gasteiger partial charge in [-0.25, -0.2) is 0 Å². The third-order valence-electron chi connectivity index (χ3n) is 3.60. The van der Waals surface area contributed by atoms with E-state index in [1.165, 1.54) is 5.56 Å². The molecule has 0 amide bonds. The van der Waals surface area contributed by atoms with E-state index in [4.69, 9.17) is 16.6 Å². The van der Waals surface area contributed by atoms with Crippen LogP contribution in [0.25, 0.3) is 0 Å². The van der Waals surface area contributed by atoms with Crippen LogP contribution in [0.4, 0.5) is 0 Å². The summed E-state index contributed by atoms with van der Waals surface area (Å²) in [5.41, 5.74) is 1.36. The van der Waals surface area contributed by atoms with Gasteiger partial charge in [0.1, 0.15) is 5.76 Å². The van der Waals surface area contributed by atoms with Gasteiger partial charge in [-0.05, 0) is 36.3 Å². The van der Waals surface area contributed by atoms with E-state index in [0.29, 0.717) is 6.54 Å². The Bertz CT molecular complexity index is 570. The molecular formula is C16H19N3OS. The number of nitrogens with one attached hydrogen (secondary N) is 1. The van der Waals surface area contributed by atoms with Gasteiger partial charge in [0.15, 0.2) is 5.11 Å². The summed E-state index contributed by atoms with van der Waals surface area (Å²) in [4.78, 5) is 4.48. The second-order valence-corrected chi connectivity index (χ2v) is 5.58. The number of benzene rings is 1. The predicted octanol–water partition coefficient (Wildman–Crippen LogP) is 2.43. The molecule has 5 heteroatoms. The molecule has 2 heterocycles. The Morgan fingerprint density at radius 1 is 1.14 bits per heavy atom. The van der Waals surface area contributed by atoms with Gasteiger partial charge in [-0.1, -0.05) is 30.3 Å². The highest BCUT2D eigenvalue weighted by Gasteiger charge is 2.20. The summed E-state index contributed by atoms with van der Waals surface area (Å²) in [5.74, 6) is 0.934. The summed E-state index contributed by atoms with van der Waals surface area (Å²) in [6.07, 6.45) is 2.74. The summed E-state index contributed by atoms with van der Waals surface area (Å²) in [5, 5.41) is 4.07. The van der Waals surface area contributed by atoms with Crippen LogP contribution in [0, 0.1) is 0 Å². The molecule has 0 unspecified atom stereocenters. The van der Waals surface area contributed by atoms with Gasteiger partial charge in [0.2, 0.25) is 0 Å². The van der Waals surface area contributed by atoms with Crippen molar-refractivity contribution >= 4 is 17.3 Å². The fourth-order valence-electron chi connectivity index (χ4n) is 2.44. The van der Waals surface area contributed by atoms with Crippen molar-refractivity contribution < 1.29 is 4.42 Å². The summed E-state index contributed by atoms with van der Waals surface area (Å²) in [7, 11) is 0. The van der Waals surface area contributed by atoms with E-state index >= 15 is 0 Å². The largest absolute Gasteiger partial charge is 0.467 e. The van der Waals surface area contributed by atoms with Crippen LogP contribution < -0.4 is 5.32 Å². The van der Waals surface area contributed by atoms with Crippen molar-refractivity contribution in [1.82, 2.24) is 15.1 Å². The maximum atomic E-state index is 5.40. The first-order valence-electron chi connectivity index (χ1n) is 7.13. The molecular weight excluding hydrogens is 282 g/mol. The second kappa shape index (κ2) is 6.74. The average Bonchev–Trinajstić information content (AvgIpc) is 3.02. The normalized spacial score (nSPS) is 16.0. The SMILES string of the molecule is S=C1NCN(CCc2ccccc2)CN1Cc1ccco1. The van der Waals surface area contributed by atoms with Crippen molar-refractivity contribution in [3.63, 3.8) is 0 Å². The van der Waals surface area contributed by atoms with Crippen LogP contribution in [0.2, 0.25) is 0 Å². The van der Waals surface area contributed by atoms with E-state index < -0.39 is 0 Å². The number of furan rings is 1. The fraction of sp³-hybridized carbons (Fsp3) is 0.312. The molecule has 0 spiro atoms. The van der Waals surface area contributed by atoms with Crippen molar-refractivity contribution in [2.24, 2.45) is 0 Å². The lowest BCUT2D eigenvalue weighted by Crippen LogP contribution is -2.55. The lowest BCUT2D eigenvalue weighted by molar-refractivity contribution is 0.145. The summed E-state index contributed by atoms with van der Waals surface area (Å²) < 4.78 is 5.40. The molecule has 4 nitrogen and oxygen atoms in total. The molecule has 0 atom stereocenters. The average molecular weight is 301 g/mol. The Hall–Kier alpha value is -1.85. The zero-order valence-corrected chi connectivity index (χ0v) is 12.7. The molecule has 0 aliphatic carbocycles. The lowest BCUT2D eigenvalue weighted by atomic mass is 10.1. The number of rotatable bonds is 5. The smallest absolute Gasteiger partial charge is 0.171 e. The second-order valence-electron chi connectivity index (χ2n) is 5.19. The van der Waals surface area contributed by atoms with Crippen molar-refractivity contribution in [3.05, 3.63) is 60.1 Å². The molecule has 0 bridgehead atoms. The van der Waals surface area contributed by atoms with E-state index in [9.17, 15) is 0 Å². The molecule has 1 aromatic carbocycles. The maximum Gasteiger partial charge on any atom is 0.171 e.